The third-order valence-electron chi connectivity index (χ3n) is 6.77. The number of hydrogen-bond donors (Lipinski definition) is 1. The van der Waals surface area contributed by atoms with Gasteiger partial charge >= 0.3 is 6.03 Å². The van der Waals surface area contributed by atoms with Crippen LogP contribution < -0.4 is 5.32 Å². The number of anilines is 1. The molecule has 1 atom stereocenters. The summed E-state index contributed by atoms with van der Waals surface area (Å²) < 4.78 is 13.7. The maximum atomic E-state index is 13.7. The maximum Gasteiger partial charge on any atom is 0.322 e. The van der Waals surface area contributed by atoms with Gasteiger partial charge in [-0.05, 0) is 92.0 Å². The quantitative estimate of drug-likeness (QED) is 0.486. The van der Waals surface area contributed by atoms with E-state index in [4.69, 9.17) is 0 Å². The fraction of sp³-hybridized carbons (Fsp3) is 0.346. The zero-order chi connectivity index (χ0) is 21.5. The number of carbonyl (C=O) groups excluding carboxylic acids is 1. The number of benzene rings is 2. The minimum absolute atomic E-state index is 0.0972. The number of rotatable bonds is 2. The summed E-state index contributed by atoms with van der Waals surface area (Å²) in [4.78, 5) is 18.2. The number of aryl methyl sites for hydroxylation is 2. The van der Waals surface area contributed by atoms with Crippen molar-refractivity contribution in [3.8, 4) is 0 Å². The monoisotopic (exact) mass is 434 g/mol. The summed E-state index contributed by atoms with van der Waals surface area (Å²) in [7, 11) is 0. The molecule has 2 heterocycles. The molecule has 1 aliphatic carbocycles. The Morgan fingerprint density at radius 2 is 1.81 bits per heavy atom. The molecule has 0 saturated heterocycles. The van der Waals surface area contributed by atoms with Gasteiger partial charge in [-0.2, -0.15) is 0 Å². The normalized spacial score (nSPS) is 17.8. The molecular weight excluding hydrogens is 407 g/mol. The van der Waals surface area contributed by atoms with Crippen LogP contribution in [0.4, 0.5) is 14.9 Å². The highest BCUT2D eigenvalue weighted by Gasteiger charge is 2.36. The van der Waals surface area contributed by atoms with Gasteiger partial charge in [-0.15, -0.1) is 11.3 Å². The molecule has 0 saturated carbocycles. The number of halogens is 1. The molecule has 5 heteroatoms. The van der Waals surface area contributed by atoms with Crippen LogP contribution in [0.25, 0.3) is 0 Å². The SMILES string of the molecule is Cc1cccc(NC(=O)N2CCc3c(sc4c3CCCC4)[C@@H]2c2ccc(F)cc2)c1C. The molecule has 0 bridgehead atoms. The van der Waals surface area contributed by atoms with Crippen LogP contribution in [0.5, 0.6) is 0 Å². The largest absolute Gasteiger partial charge is 0.322 e. The van der Waals surface area contributed by atoms with Gasteiger partial charge < -0.3 is 10.2 Å². The average Bonchev–Trinajstić information content (AvgIpc) is 3.15. The fourth-order valence-electron chi connectivity index (χ4n) is 4.92. The Balaban J connectivity index is 1.54. The molecule has 1 aliphatic heterocycles. The van der Waals surface area contributed by atoms with Crippen LogP contribution in [0.15, 0.2) is 42.5 Å². The number of fused-ring (bicyclic) bond motifs is 3. The summed E-state index contributed by atoms with van der Waals surface area (Å²) >= 11 is 1.86. The Morgan fingerprint density at radius 1 is 1.03 bits per heavy atom. The number of hydrogen-bond acceptors (Lipinski definition) is 2. The van der Waals surface area contributed by atoms with Gasteiger partial charge in [0.1, 0.15) is 5.82 Å². The van der Waals surface area contributed by atoms with E-state index >= 15 is 0 Å². The summed E-state index contributed by atoms with van der Waals surface area (Å²) in [5.74, 6) is -0.253. The first-order valence-corrected chi connectivity index (χ1v) is 11.9. The Hall–Kier alpha value is -2.66. The zero-order valence-corrected chi connectivity index (χ0v) is 18.8. The van der Waals surface area contributed by atoms with Crippen LogP contribution in [0.2, 0.25) is 0 Å². The van der Waals surface area contributed by atoms with Gasteiger partial charge in [0.2, 0.25) is 0 Å². The van der Waals surface area contributed by atoms with Crippen molar-refractivity contribution in [3.05, 3.63) is 85.9 Å². The van der Waals surface area contributed by atoms with E-state index in [1.165, 1.54) is 45.9 Å². The van der Waals surface area contributed by atoms with E-state index < -0.39 is 0 Å². The van der Waals surface area contributed by atoms with E-state index in [1.807, 2.05) is 47.4 Å². The van der Waals surface area contributed by atoms with E-state index in [1.54, 1.807) is 0 Å². The Labute approximate surface area is 186 Å². The van der Waals surface area contributed by atoms with Gasteiger partial charge in [0.15, 0.2) is 0 Å². The van der Waals surface area contributed by atoms with Crippen LogP contribution in [0.3, 0.4) is 0 Å². The molecule has 2 aromatic carbocycles. The van der Waals surface area contributed by atoms with Crippen molar-refractivity contribution >= 4 is 23.1 Å². The van der Waals surface area contributed by atoms with Crippen molar-refractivity contribution in [1.29, 1.82) is 0 Å². The highest BCUT2D eigenvalue weighted by molar-refractivity contribution is 7.12. The van der Waals surface area contributed by atoms with E-state index in [-0.39, 0.29) is 17.9 Å². The van der Waals surface area contributed by atoms with E-state index in [0.717, 1.165) is 41.6 Å². The van der Waals surface area contributed by atoms with Crippen LogP contribution in [-0.2, 0) is 19.3 Å². The van der Waals surface area contributed by atoms with Crippen molar-refractivity contribution in [2.75, 3.05) is 11.9 Å². The van der Waals surface area contributed by atoms with Gasteiger partial charge in [-0.1, -0.05) is 24.3 Å². The topological polar surface area (TPSA) is 32.3 Å². The highest BCUT2D eigenvalue weighted by atomic mass is 32.1. The number of thiophene rings is 1. The second-order valence-corrected chi connectivity index (χ2v) is 9.77. The van der Waals surface area contributed by atoms with Crippen molar-refractivity contribution < 1.29 is 9.18 Å². The lowest BCUT2D eigenvalue weighted by molar-refractivity contribution is 0.195. The van der Waals surface area contributed by atoms with Crippen molar-refractivity contribution in [3.63, 3.8) is 0 Å². The number of nitrogens with one attached hydrogen (secondary N) is 1. The molecule has 2 aliphatic rings. The van der Waals surface area contributed by atoms with Gasteiger partial charge in [0.05, 0.1) is 6.04 Å². The molecule has 1 N–H and O–H groups in total. The molecule has 5 rings (SSSR count). The molecular formula is C26H27FN2OS. The Morgan fingerprint density at radius 3 is 2.61 bits per heavy atom. The highest BCUT2D eigenvalue weighted by Crippen LogP contribution is 2.45. The Kier molecular flexibility index (Phi) is 5.30. The van der Waals surface area contributed by atoms with Crippen LogP contribution in [0.1, 0.15) is 56.5 Å². The molecule has 3 aromatic rings. The standard InChI is InChI=1S/C26H27FN2OS/c1-16-6-5-8-22(17(16)2)28-26(30)29-15-14-21-20-7-3-4-9-23(20)31-25(21)24(29)18-10-12-19(27)13-11-18/h5-6,8,10-13,24H,3-4,7,9,14-15H2,1-2H3,(H,28,30)/t24-/m0/s1. The lowest BCUT2D eigenvalue weighted by atomic mass is 9.88. The Bertz CT molecular complexity index is 1140. The molecule has 0 fully saturated rings. The summed E-state index contributed by atoms with van der Waals surface area (Å²) in [6, 6.07) is 12.3. The molecule has 0 radical (unpaired) electrons. The summed E-state index contributed by atoms with van der Waals surface area (Å²) in [6.07, 6.45) is 5.65. The first kappa shape index (κ1) is 20.3. The predicted octanol–water partition coefficient (Wildman–Crippen LogP) is 6.56. The molecule has 31 heavy (non-hydrogen) atoms. The van der Waals surface area contributed by atoms with E-state index in [2.05, 4.69) is 18.3 Å². The van der Waals surface area contributed by atoms with Gasteiger partial charge in [-0.3, -0.25) is 0 Å². The summed E-state index contributed by atoms with van der Waals surface area (Å²) in [5.41, 5.74) is 7.01. The van der Waals surface area contributed by atoms with E-state index in [0.29, 0.717) is 6.54 Å². The summed E-state index contributed by atoms with van der Waals surface area (Å²) in [6.45, 7) is 4.74. The van der Waals surface area contributed by atoms with Crippen LogP contribution >= 0.6 is 11.3 Å². The second kappa shape index (κ2) is 8.12. The lowest BCUT2D eigenvalue weighted by Crippen LogP contribution is -2.42. The first-order chi connectivity index (χ1) is 15.0. The summed E-state index contributed by atoms with van der Waals surface area (Å²) in [5, 5.41) is 3.14. The molecule has 2 amide bonds. The molecule has 1 aromatic heterocycles. The number of nitrogens with zero attached hydrogens (tertiary/aromatic N) is 1. The molecule has 0 spiro atoms. The number of urea groups is 1. The second-order valence-electron chi connectivity index (χ2n) is 8.63. The average molecular weight is 435 g/mol. The maximum absolute atomic E-state index is 13.7. The van der Waals surface area contributed by atoms with Crippen molar-refractivity contribution in [1.82, 2.24) is 4.90 Å². The van der Waals surface area contributed by atoms with Gasteiger partial charge in [0, 0.05) is 22.0 Å². The number of amides is 2. The zero-order valence-electron chi connectivity index (χ0n) is 18.0. The molecule has 0 unspecified atom stereocenters. The fourth-order valence-corrected chi connectivity index (χ4v) is 6.50. The third kappa shape index (κ3) is 3.65. The minimum Gasteiger partial charge on any atom is -0.312 e. The smallest absolute Gasteiger partial charge is 0.312 e. The minimum atomic E-state index is -0.253. The van der Waals surface area contributed by atoms with Crippen molar-refractivity contribution in [2.24, 2.45) is 0 Å². The first-order valence-electron chi connectivity index (χ1n) is 11.1. The molecule has 3 nitrogen and oxygen atoms in total. The van der Waals surface area contributed by atoms with Gasteiger partial charge in [-0.25, -0.2) is 9.18 Å². The van der Waals surface area contributed by atoms with E-state index in [9.17, 15) is 9.18 Å². The third-order valence-corrected chi connectivity index (χ3v) is 8.15. The molecule has 160 valence electrons. The van der Waals surface area contributed by atoms with Crippen LogP contribution in [0, 0.1) is 19.7 Å². The van der Waals surface area contributed by atoms with Gasteiger partial charge in [0.25, 0.3) is 0 Å². The lowest BCUT2D eigenvalue weighted by Gasteiger charge is -2.36. The predicted molar refractivity (Wildman–Crippen MR) is 125 cm³/mol. The van der Waals surface area contributed by atoms with Crippen LogP contribution in [-0.4, -0.2) is 17.5 Å². The van der Waals surface area contributed by atoms with Crippen molar-refractivity contribution in [2.45, 2.75) is 52.0 Å². The number of carbonyl (C=O) groups is 1.